The van der Waals surface area contributed by atoms with E-state index in [1.165, 1.54) is 60.7 Å². The molecule has 0 spiro atoms. The van der Waals surface area contributed by atoms with Gasteiger partial charge < -0.3 is 8.98 Å². The summed E-state index contributed by atoms with van der Waals surface area (Å²) in [5, 5.41) is 3.84. The van der Waals surface area contributed by atoms with E-state index in [0.29, 0.717) is 11.8 Å². The minimum absolute atomic E-state index is 0.0737. The van der Waals surface area contributed by atoms with Crippen LogP contribution in [0, 0.1) is 11.8 Å². The van der Waals surface area contributed by atoms with Crippen LogP contribution in [0.15, 0.2) is 166 Å². The third-order valence-corrected chi connectivity index (χ3v) is 13.1. The second-order valence-corrected chi connectivity index (χ2v) is 16.5. The minimum Gasteiger partial charge on any atom is -0.460 e. The standard InChI is InChI=1S/C52H44N2O/c1-52(2)44-19-9-6-16-38(44)41-32-49-42(31-45(41)52)39-17-7-10-21-48(39)54(49)37-26-23-34(24-27-37)47-30-35(15-12-20-46(53-47)33-13-4-3-5-14-33)36-25-28-51-43(29-36)40-18-8-11-22-50(40)55-51/h3-4,6-13,16-24,26-27,29-32,35,38,44H,5,14-15,25,28H2,1-2H3/b20-12+,47-30-,53-46+. The molecule has 0 radical (unpaired) electrons. The number of benzene rings is 4. The monoisotopic (exact) mass is 712 g/mol. The molecule has 3 unspecified atom stereocenters. The summed E-state index contributed by atoms with van der Waals surface area (Å²) in [5.74, 6) is 2.23. The van der Waals surface area contributed by atoms with Crippen LogP contribution in [0.25, 0.3) is 50.2 Å². The van der Waals surface area contributed by atoms with Crippen LogP contribution >= 0.6 is 0 Å². The number of aromatic nitrogens is 1. The summed E-state index contributed by atoms with van der Waals surface area (Å²) in [4.78, 5) is 5.47. The maximum Gasteiger partial charge on any atom is 0.134 e. The molecule has 2 aromatic heterocycles. The molecule has 55 heavy (non-hydrogen) atoms. The largest absolute Gasteiger partial charge is 0.460 e. The molecular weight excluding hydrogens is 669 g/mol. The van der Waals surface area contributed by atoms with Crippen molar-refractivity contribution in [1.82, 2.24) is 4.57 Å². The number of hydrogen-bond acceptors (Lipinski definition) is 2. The van der Waals surface area contributed by atoms with E-state index in [-0.39, 0.29) is 11.3 Å². The van der Waals surface area contributed by atoms with Crippen molar-refractivity contribution in [2.75, 3.05) is 0 Å². The molecular formula is C52H44N2O. The minimum atomic E-state index is 0.0737. The average molecular weight is 713 g/mol. The number of aryl methyl sites for hydroxylation is 1. The van der Waals surface area contributed by atoms with Crippen LogP contribution in [0.5, 0.6) is 0 Å². The first-order valence-electron chi connectivity index (χ1n) is 20.1. The third-order valence-electron chi connectivity index (χ3n) is 13.1. The SMILES string of the molecule is CC1(C)c2cc3c4ccccc4n(-c4ccc(C5=C/C(C6=Cc7c(oc8ccccc78)CC6)C/C=C/C(C6=CC=CCC6)=N\5)cc4)c3cc2C2C=CC=CC21. The summed E-state index contributed by atoms with van der Waals surface area (Å²) in [7, 11) is 0. The molecule has 6 aromatic rings. The van der Waals surface area contributed by atoms with Crippen molar-refractivity contribution in [3.8, 4) is 5.69 Å². The zero-order valence-corrected chi connectivity index (χ0v) is 31.5. The Bertz CT molecular complexity index is 2820. The van der Waals surface area contributed by atoms with Crippen LogP contribution < -0.4 is 0 Å². The number of hydrogen-bond donors (Lipinski definition) is 0. The van der Waals surface area contributed by atoms with Gasteiger partial charge in [-0.2, -0.15) is 0 Å². The van der Waals surface area contributed by atoms with Gasteiger partial charge in [-0.25, -0.2) is 4.99 Å². The lowest BCUT2D eigenvalue weighted by Gasteiger charge is -2.29. The molecule has 3 heterocycles. The van der Waals surface area contributed by atoms with E-state index >= 15 is 0 Å². The molecule has 1 aliphatic heterocycles. The number of furan rings is 1. The van der Waals surface area contributed by atoms with E-state index in [1.54, 1.807) is 0 Å². The van der Waals surface area contributed by atoms with Gasteiger partial charge in [-0.1, -0.05) is 129 Å². The predicted molar refractivity (Wildman–Crippen MR) is 230 cm³/mol. The molecule has 3 heteroatoms. The highest BCUT2D eigenvalue weighted by Crippen LogP contribution is 2.54. The van der Waals surface area contributed by atoms with Gasteiger partial charge in [0.2, 0.25) is 0 Å². The lowest BCUT2D eigenvalue weighted by molar-refractivity contribution is 0.394. The van der Waals surface area contributed by atoms with E-state index < -0.39 is 0 Å². The molecule has 0 bridgehead atoms. The fraction of sp³-hybridized carbons (Fsp3) is 0.212. The number of nitrogens with zero attached hydrogens (tertiary/aromatic N) is 2. The van der Waals surface area contributed by atoms with Gasteiger partial charge in [-0.3, -0.25) is 0 Å². The van der Waals surface area contributed by atoms with Crippen LogP contribution in [0.2, 0.25) is 0 Å². The Hall–Kier alpha value is -5.93. The quantitative estimate of drug-likeness (QED) is 0.179. The Labute approximate surface area is 322 Å². The first-order valence-corrected chi connectivity index (χ1v) is 20.1. The number of aliphatic imine (C=N–C) groups is 1. The van der Waals surface area contributed by atoms with Crippen molar-refractivity contribution in [1.29, 1.82) is 0 Å². The Balaban J connectivity index is 1.03. The Morgan fingerprint density at radius 3 is 2.49 bits per heavy atom. The van der Waals surface area contributed by atoms with Gasteiger partial charge in [-0.05, 0) is 102 Å². The van der Waals surface area contributed by atoms with Crippen LogP contribution in [-0.4, -0.2) is 10.3 Å². The normalized spacial score (nSPS) is 24.9. The molecule has 4 aliphatic carbocycles. The smallest absolute Gasteiger partial charge is 0.134 e. The van der Waals surface area contributed by atoms with Crippen LogP contribution in [-0.2, 0) is 11.8 Å². The topological polar surface area (TPSA) is 30.4 Å². The van der Waals surface area contributed by atoms with Crippen molar-refractivity contribution in [2.45, 2.75) is 57.3 Å². The maximum absolute atomic E-state index is 6.28. The summed E-state index contributed by atoms with van der Waals surface area (Å²) in [6.07, 6.45) is 30.3. The highest BCUT2D eigenvalue weighted by molar-refractivity contribution is 6.11. The zero-order valence-electron chi connectivity index (χ0n) is 31.5. The van der Waals surface area contributed by atoms with E-state index in [4.69, 9.17) is 9.41 Å². The average Bonchev–Trinajstić information content (AvgIpc) is 3.83. The Morgan fingerprint density at radius 2 is 1.62 bits per heavy atom. The van der Waals surface area contributed by atoms with Crippen LogP contribution in [0.1, 0.15) is 73.5 Å². The molecule has 0 saturated carbocycles. The van der Waals surface area contributed by atoms with Crippen molar-refractivity contribution in [2.24, 2.45) is 16.8 Å². The molecule has 268 valence electrons. The number of allylic oxidation sites excluding steroid dienone is 12. The summed E-state index contributed by atoms with van der Waals surface area (Å²) in [6.45, 7) is 4.84. The summed E-state index contributed by atoms with van der Waals surface area (Å²) in [5.41, 5.74) is 14.9. The van der Waals surface area contributed by atoms with Crippen molar-refractivity contribution in [3.05, 3.63) is 185 Å². The second-order valence-electron chi connectivity index (χ2n) is 16.5. The van der Waals surface area contributed by atoms with Gasteiger partial charge in [0, 0.05) is 45.7 Å². The molecule has 3 nitrogen and oxygen atoms in total. The molecule has 0 fully saturated rings. The Morgan fingerprint density at radius 1 is 0.782 bits per heavy atom. The van der Waals surface area contributed by atoms with Crippen LogP contribution in [0.3, 0.4) is 0 Å². The first kappa shape index (κ1) is 32.5. The summed E-state index contributed by atoms with van der Waals surface area (Å²) >= 11 is 0. The van der Waals surface area contributed by atoms with Gasteiger partial charge in [0.1, 0.15) is 11.3 Å². The van der Waals surface area contributed by atoms with E-state index in [0.717, 1.165) is 60.4 Å². The molecule has 0 amide bonds. The van der Waals surface area contributed by atoms with E-state index in [1.807, 2.05) is 0 Å². The van der Waals surface area contributed by atoms with E-state index in [2.05, 4.69) is 170 Å². The molecule has 3 atom stereocenters. The second kappa shape index (κ2) is 12.6. The van der Waals surface area contributed by atoms with Gasteiger partial charge >= 0.3 is 0 Å². The molecule has 11 rings (SSSR count). The number of rotatable bonds is 4. The Kier molecular flexibility index (Phi) is 7.42. The summed E-state index contributed by atoms with van der Waals surface area (Å²) < 4.78 is 8.75. The molecule has 0 saturated heterocycles. The fourth-order valence-corrected chi connectivity index (χ4v) is 10.2. The van der Waals surface area contributed by atoms with Gasteiger partial charge in [0.05, 0.1) is 22.4 Å². The lowest BCUT2D eigenvalue weighted by Crippen LogP contribution is -2.24. The fourth-order valence-electron chi connectivity index (χ4n) is 10.2. The van der Waals surface area contributed by atoms with Gasteiger partial charge in [0.25, 0.3) is 0 Å². The third kappa shape index (κ3) is 5.20. The predicted octanol–water partition coefficient (Wildman–Crippen LogP) is 13.3. The zero-order chi connectivity index (χ0) is 36.7. The number of para-hydroxylation sites is 2. The van der Waals surface area contributed by atoms with Crippen molar-refractivity contribution < 1.29 is 4.42 Å². The molecule has 5 aliphatic rings. The highest BCUT2D eigenvalue weighted by Gasteiger charge is 2.45. The lowest BCUT2D eigenvalue weighted by atomic mass is 9.74. The van der Waals surface area contributed by atoms with Gasteiger partial charge in [-0.15, -0.1) is 0 Å². The molecule has 4 aromatic carbocycles. The maximum atomic E-state index is 6.28. The van der Waals surface area contributed by atoms with Crippen molar-refractivity contribution in [3.63, 3.8) is 0 Å². The molecule has 0 N–H and O–H groups in total. The number of fused-ring (bicyclic) bond motifs is 9. The first-order chi connectivity index (χ1) is 27.0. The summed E-state index contributed by atoms with van der Waals surface area (Å²) in [6, 6.07) is 31.5. The van der Waals surface area contributed by atoms with Crippen molar-refractivity contribution >= 4 is 50.3 Å². The van der Waals surface area contributed by atoms with Crippen LogP contribution in [0.4, 0.5) is 0 Å². The van der Waals surface area contributed by atoms with Gasteiger partial charge in [0.15, 0.2) is 0 Å². The highest BCUT2D eigenvalue weighted by atomic mass is 16.3. The van der Waals surface area contributed by atoms with E-state index in [9.17, 15) is 0 Å².